The van der Waals surface area contributed by atoms with E-state index in [1.165, 1.54) is 10.4 Å². The molecule has 2 aliphatic heterocycles. The van der Waals surface area contributed by atoms with Gasteiger partial charge in [0.05, 0.1) is 29.2 Å². The van der Waals surface area contributed by atoms with Crippen molar-refractivity contribution < 1.29 is 27.5 Å². The Morgan fingerprint density at radius 3 is 2.56 bits per heavy atom. The number of carbonyl (C=O) groups is 2. The van der Waals surface area contributed by atoms with Crippen LogP contribution in [0.25, 0.3) is 0 Å². The molecule has 0 unspecified atom stereocenters. The third-order valence-electron chi connectivity index (χ3n) is 7.80. The molecule has 0 radical (unpaired) electrons. The number of sulfonamides is 1. The fraction of sp³-hybridized carbons (Fsp3) is 0.379. The summed E-state index contributed by atoms with van der Waals surface area (Å²) in [7, 11) is -2.17. The minimum Gasteiger partial charge on any atom is -0.497 e. The lowest BCUT2D eigenvalue weighted by molar-refractivity contribution is -0.117. The first-order chi connectivity index (χ1) is 19.7. The van der Waals surface area contributed by atoms with E-state index < -0.39 is 16.1 Å². The lowest BCUT2D eigenvalue weighted by Gasteiger charge is -2.42. The Morgan fingerprint density at radius 2 is 1.88 bits per heavy atom. The van der Waals surface area contributed by atoms with Crippen molar-refractivity contribution in [3.63, 3.8) is 0 Å². The second-order valence-corrected chi connectivity index (χ2v) is 14.5. The van der Waals surface area contributed by atoms with Crippen molar-refractivity contribution in [3.05, 3.63) is 70.1 Å². The molecule has 0 spiro atoms. The summed E-state index contributed by atoms with van der Waals surface area (Å²) >= 11 is 7.06. The molecule has 1 saturated carbocycles. The number of rotatable bonds is 7. The molecule has 1 N–H and O–H groups in total. The first-order valence-electron chi connectivity index (χ1n) is 13.5. The van der Waals surface area contributed by atoms with Gasteiger partial charge in [0, 0.05) is 31.5 Å². The Labute approximate surface area is 248 Å². The Balaban J connectivity index is 1.35. The number of amides is 2. The topological polar surface area (TPSA) is 105 Å². The van der Waals surface area contributed by atoms with Gasteiger partial charge in [-0.15, -0.1) is 11.3 Å². The third kappa shape index (κ3) is 5.81. The number of para-hydroxylation sites is 1. The van der Waals surface area contributed by atoms with Crippen molar-refractivity contribution >= 4 is 50.5 Å². The van der Waals surface area contributed by atoms with Gasteiger partial charge >= 0.3 is 0 Å². The highest BCUT2D eigenvalue weighted by Gasteiger charge is 2.41. The summed E-state index contributed by atoms with van der Waals surface area (Å²) in [4.78, 5) is 28.5. The van der Waals surface area contributed by atoms with E-state index in [9.17, 15) is 18.0 Å². The van der Waals surface area contributed by atoms with E-state index in [1.807, 2.05) is 24.3 Å². The molecule has 216 valence electrons. The van der Waals surface area contributed by atoms with Gasteiger partial charge in [0.1, 0.15) is 16.1 Å². The van der Waals surface area contributed by atoms with Crippen molar-refractivity contribution in [1.82, 2.24) is 9.21 Å². The largest absolute Gasteiger partial charge is 0.497 e. The van der Waals surface area contributed by atoms with Gasteiger partial charge in [-0.3, -0.25) is 9.59 Å². The number of ether oxygens (including phenoxy) is 2. The number of halogens is 1. The molecule has 2 amide bonds. The predicted octanol–water partition coefficient (Wildman–Crippen LogP) is 4.87. The number of benzene rings is 2. The van der Waals surface area contributed by atoms with E-state index in [4.69, 9.17) is 21.1 Å². The summed E-state index contributed by atoms with van der Waals surface area (Å²) in [5.41, 5.74) is 1.69. The van der Waals surface area contributed by atoms with Crippen LogP contribution in [0.3, 0.4) is 0 Å². The van der Waals surface area contributed by atoms with E-state index in [0.717, 1.165) is 35.5 Å². The molecule has 1 aromatic heterocycles. The summed E-state index contributed by atoms with van der Waals surface area (Å²) in [6.45, 7) is 1.16. The summed E-state index contributed by atoms with van der Waals surface area (Å²) in [5.74, 6) is 0.520. The minimum absolute atomic E-state index is 0.0395. The number of hydrogen-bond donors (Lipinski definition) is 1. The number of carbonyl (C=O) groups excluding carboxylic acids is 2. The zero-order chi connectivity index (χ0) is 28.7. The number of nitrogens with one attached hydrogen (secondary N) is 1. The zero-order valence-electron chi connectivity index (χ0n) is 22.4. The molecule has 2 atom stereocenters. The second kappa shape index (κ2) is 11.3. The van der Waals surface area contributed by atoms with Crippen molar-refractivity contribution in [1.29, 1.82) is 0 Å². The molecule has 0 bridgehead atoms. The fourth-order valence-corrected chi connectivity index (χ4v) is 8.45. The molecular weight excluding hydrogens is 586 g/mol. The van der Waals surface area contributed by atoms with Crippen molar-refractivity contribution in [2.75, 3.05) is 32.1 Å². The van der Waals surface area contributed by atoms with Gasteiger partial charge in [-0.05, 0) is 61.2 Å². The molecule has 6 rings (SSSR count). The predicted molar refractivity (Wildman–Crippen MR) is 156 cm³/mol. The Morgan fingerprint density at radius 1 is 1.10 bits per heavy atom. The quantitative estimate of drug-likeness (QED) is 0.407. The summed E-state index contributed by atoms with van der Waals surface area (Å²) in [6.07, 6.45) is 1.63. The SMILES string of the molecule is COc1ccc(CN2C[C@@H]3CCN(S(=O)(=O)c4ccc(Cl)s4)C[C@@H]3Oc3c(NC(=O)C4CC4)cccc3C2=O)cc1. The Hall–Kier alpha value is -3.12. The zero-order valence-corrected chi connectivity index (χ0v) is 24.8. The lowest BCUT2D eigenvalue weighted by atomic mass is 9.92. The normalized spacial score (nSPS) is 21.2. The molecule has 3 aliphatic rings. The fourth-order valence-electron chi connectivity index (χ4n) is 5.35. The van der Waals surface area contributed by atoms with Crippen LogP contribution < -0.4 is 14.8 Å². The maximum Gasteiger partial charge on any atom is 0.258 e. The molecule has 2 fully saturated rings. The highest BCUT2D eigenvalue weighted by molar-refractivity contribution is 7.91. The molecule has 3 aromatic rings. The molecule has 41 heavy (non-hydrogen) atoms. The third-order valence-corrected chi connectivity index (χ3v) is 11.4. The van der Waals surface area contributed by atoms with E-state index in [-0.39, 0.29) is 40.2 Å². The maximum atomic E-state index is 14.0. The molecule has 1 saturated heterocycles. The number of methoxy groups -OCH3 is 1. The summed E-state index contributed by atoms with van der Waals surface area (Å²) in [6, 6.07) is 15.8. The highest BCUT2D eigenvalue weighted by atomic mass is 35.5. The molecule has 3 heterocycles. The monoisotopic (exact) mass is 615 g/mol. The number of piperidine rings is 1. The lowest BCUT2D eigenvalue weighted by Crippen LogP contribution is -2.53. The van der Waals surface area contributed by atoms with Gasteiger partial charge < -0.3 is 19.7 Å². The number of thiophene rings is 1. The van der Waals surface area contributed by atoms with Gasteiger partial charge in [0.25, 0.3) is 15.9 Å². The number of hydrogen-bond acceptors (Lipinski definition) is 7. The van der Waals surface area contributed by atoms with Gasteiger partial charge in [0.15, 0.2) is 5.75 Å². The smallest absolute Gasteiger partial charge is 0.258 e. The van der Waals surface area contributed by atoms with E-state index in [1.54, 1.807) is 36.3 Å². The van der Waals surface area contributed by atoms with Gasteiger partial charge in [0.2, 0.25) is 5.91 Å². The number of nitrogens with zero attached hydrogens (tertiary/aromatic N) is 2. The molecule has 1 aliphatic carbocycles. The van der Waals surface area contributed by atoms with Gasteiger partial charge in [-0.2, -0.15) is 4.31 Å². The molecule has 2 aromatic carbocycles. The van der Waals surface area contributed by atoms with Crippen LogP contribution in [0.2, 0.25) is 4.34 Å². The Kier molecular flexibility index (Phi) is 7.71. The molecular formula is C29H30ClN3O6S2. The number of anilines is 1. The highest BCUT2D eigenvalue weighted by Crippen LogP contribution is 2.39. The second-order valence-electron chi connectivity index (χ2n) is 10.6. The standard InChI is InChI=1S/C29H30ClN3O6S2/c1-38-21-9-5-18(6-10-21)15-32-16-20-13-14-33(41(36,37)26-12-11-25(30)40-26)17-24(20)39-27-22(29(32)35)3-2-4-23(27)31-28(34)19-7-8-19/h2-6,9-12,19-20,24H,7-8,13-17H2,1H3,(H,31,34)/t20-,24-/m0/s1. The van der Waals surface area contributed by atoms with Crippen LogP contribution in [0, 0.1) is 11.8 Å². The van der Waals surface area contributed by atoms with Crippen LogP contribution in [0.15, 0.2) is 58.8 Å². The van der Waals surface area contributed by atoms with Gasteiger partial charge in [-0.25, -0.2) is 8.42 Å². The van der Waals surface area contributed by atoms with E-state index >= 15 is 0 Å². The van der Waals surface area contributed by atoms with E-state index in [0.29, 0.717) is 41.6 Å². The number of fused-ring (bicyclic) bond motifs is 2. The van der Waals surface area contributed by atoms with Crippen LogP contribution >= 0.6 is 22.9 Å². The van der Waals surface area contributed by atoms with Crippen LogP contribution in [-0.4, -0.2) is 62.3 Å². The van der Waals surface area contributed by atoms with Gasteiger partial charge in [-0.1, -0.05) is 29.8 Å². The summed E-state index contributed by atoms with van der Waals surface area (Å²) in [5, 5.41) is 2.95. The first-order valence-corrected chi connectivity index (χ1v) is 16.1. The van der Waals surface area contributed by atoms with Crippen molar-refractivity contribution in [2.45, 2.75) is 36.1 Å². The maximum absolute atomic E-state index is 14.0. The Bertz CT molecular complexity index is 1570. The van der Waals surface area contributed by atoms with E-state index in [2.05, 4.69) is 5.32 Å². The summed E-state index contributed by atoms with van der Waals surface area (Å²) < 4.78 is 40.8. The average molecular weight is 616 g/mol. The minimum atomic E-state index is -3.78. The average Bonchev–Trinajstić information content (AvgIpc) is 3.73. The van der Waals surface area contributed by atoms with Crippen LogP contribution in [0.1, 0.15) is 35.2 Å². The first kappa shape index (κ1) is 28.0. The molecule has 12 heteroatoms. The van der Waals surface area contributed by atoms with Crippen LogP contribution in [0.5, 0.6) is 11.5 Å². The van der Waals surface area contributed by atoms with Crippen molar-refractivity contribution in [2.24, 2.45) is 11.8 Å². The van der Waals surface area contributed by atoms with Crippen LogP contribution in [0.4, 0.5) is 5.69 Å². The van der Waals surface area contributed by atoms with Crippen LogP contribution in [-0.2, 0) is 21.4 Å². The van der Waals surface area contributed by atoms with Crippen molar-refractivity contribution in [3.8, 4) is 11.5 Å². The molecule has 9 nitrogen and oxygen atoms in total.